The van der Waals surface area contributed by atoms with Crippen molar-refractivity contribution in [2.45, 2.75) is 37.8 Å². The SMILES string of the molecule is O=C(O)CC1CN(C(=O)NC2CCOC2C2CC2)C1. The van der Waals surface area contributed by atoms with Crippen molar-refractivity contribution in [1.82, 2.24) is 10.2 Å². The fourth-order valence-corrected chi connectivity index (χ4v) is 3.02. The van der Waals surface area contributed by atoms with Gasteiger partial charge in [0, 0.05) is 25.6 Å². The third-order valence-electron chi connectivity index (χ3n) is 4.24. The molecule has 2 heterocycles. The summed E-state index contributed by atoms with van der Waals surface area (Å²) in [4.78, 5) is 24.3. The molecular weight excluding hydrogens is 248 g/mol. The molecule has 1 saturated carbocycles. The predicted molar refractivity (Wildman–Crippen MR) is 66.7 cm³/mol. The second-order valence-corrected chi connectivity index (χ2v) is 5.89. The van der Waals surface area contributed by atoms with E-state index in [9.17, 15) is 9.59 Å². The maximum absolute atomic E-state index is 12.0. The number of nitrogens with zero attached hydrogens (tertiary/aromatic N) is 1. The summed E-state index contributed by atoms with van der Waals surface area (Å²) in [6.45, 7) is 1.84. The Balaban J connectivity index is 1.43. The zero-order valence-corrected chi connectivity index (χ0v) is 10.9. The Morgan fingerprint density at radius 3 is 2.63 bits per heavy atom. The highest BCUT2D eigenvalue weighted by Gasteiger charge is 2.42. The van der Waals surface area contributed by atoms with E-state index in [1.807, 2.05) is 0 Å². The molecule has 3 fully saturated rings. The lowest BCUT2D eigenvalue weighted by Gasteiger charge is -2.39. The van der Waals surface area contributed by atoms with Gasteiger partial charge in [-0.15, -0.1) is 0 Å². The topological polar surface area (TPSA) is 78.9 Å². The monoisotopic (exact) mass is 268 g/mol. The second kappa shape index (κ2) is 5.00. The average Bonchev–Trinajstić information content (AvgIpc) is 3.04. The third-order valence-corrected chi connectivity index (χ3v) is 4.24. The van der Waals surface area contributed by atoms with Gasteiger partial charge in [0.2, 0.25) is 0 Å². The van der Waals surface area contributed by atoms with Crippen molar-refractivity contribution in [2.24, 2.45) is 11.8 Å². The van der Waals surface area contributed by atoms with Gasteiger partial charge in [-0.1, -0.05) is 0 Å². The Labute approximate surface area is 112 Å². The van der Waals surface area contributed by atoms with Crippen LogP contribution in [0, 0.1) is 11.8 Å². The maximum atomic E-state index is 12.0. The molecule has 6 heteroatoms. The number of hydrogen-bond acceptors (Lipinski definition) is 3. The first-order chi connectivity index (χ1) is 9.13. The number of nitrogens with one attached hydrogen (secondary N) is 1. The Bertz CT molecular complexity index is 377. The molecule has 2 unspecified atom stereocenters. The lowest BCUT2D eigenvalue weighted by Crippen LogP contribution is -2.57. The molecule has 0 bridgehead atoms. The lowest BCUT2D eigenvalue weighted by atomic mass is 9.97. The van der Waals surface area contributed by atoms with Crippen LogP contribution in [-0.4, -0.2) is 53.8 Å². The fourth-order valence-electron chi connectivity index (χ4n) is 3.02. The van der Waals surface area contributed by atoms with Gasteiger partial charge in [-0.2, -0.15) is 0 Å². The molecule has 0 aromatic carbocycles. The van der Waals surface area contributed by atoms with E-state index in [2.05, 4.69) is 5.32 Å². The molecule has 106 valence electrons. The van der Waals surface area contributed by atoms with Crippen molar-refractivity contribution >= 4 is 12.0 Å². The standard InChI is InChI=1S/C13H20N2O4/c16-11(17)5-8-6-15(7-8)13(18)14-10-3-4-19-12(10)9-1-2-9/h8-10,12H,1-7H2,(H,14,18)(H,16,17). The van der Waals surface area contributed by atoms with Crippen LogP contribution in [0.4, 0.5) is 4.79 Å². The van der Waals surface area contributed by atoms with Gasteiger partial charge in [-0.25, -0.2) is 4.79 Å². The maximum Gasteiger partial charge on any atom is 0.317 e. The number of hydrogen-bond donors (Lipinski definition) is 2. The van der Waals surface area contributed by atoms with Gasteiger partial charge in [-0.3, -0.25) is 4.79 Å². The van der Waals surface area contributed by atoms with E-state index in [1.54, 1.807) is 4.90 Å². The van der Waals surface area contributed by atoms with Crippen LogP contribution in [0.3, 0.4) is 0 Å². The molecule has 2 aliphatic heterocycles. The quantitative estimate of drug-likeness (QED) is 0.785. The zero-order valence-electron chi connectivity index (χ0n) is 10.9. The van der Waals surface area contributed by atoms with Gasteiger partial charge in [0.1, 0.15) is 0 Å². The number of aliphatic carboxylic acids is 1. The summed E-state index contributed by atoms with van der Waals surface area (Å²) in [5.41, 5.74) is 0. The van der Waals surface area contributed by atoms with Gasteiger partial charge in [0.15, 0.2) is 0 Å². The number of carbonyl (C=O) groups excluding carboxylic acids is 1. The molecule has 3 rings (SSSR count). The predicted octanol–water partition coefficient (Wildman–Crippen LogP) is 0.670. The molecule has 19 heavy (non-hydrogen) atoms. The molecule has 2 amide bonds. The summed E-state index contributed by atoms with van der Waals surface area (Å²) in [5.74, 6) is -0.0469. The van der Waals surface area contributed by atoms with E-state index >= 15 is 0 Å². The van der Waals surface area contributed by atoms with E-state index in [-0.39, 0.29) is 30.5 Å². The number of carbonyl (C=O) groups is 2. The average molecular weight is 268 g/mol. The highest BCUT2D eigenvalue weighted by Crippen LogP contribution is 2.38. The molecule has 0 aromatic rings. The summed E-state index contributed by atoms with van der Waals surface area (Å²) in [5, 5.41) is 11.7. The normalized spacial score (nSPS) is 31.1. The molecule has 2 saturated heterocycles. The number of urea groups is 1. The van der Waals surface area contributed by atoms with E-state index < -0.39 is 5.97 Å². The van der Waals surface area contributed by atoms with Crippen LogP contribution >= 0.6 is 0 Å². The summed E-state index contributed by atoms with van der Waals surface area (Å²) in [6.07, 6.45) is 3.66. The first-order valence-corrected chi connectivity index (χ1v) is 7.02. The molecule has 3 aliphatic rings. The first-order valence-electron chi connectivity index (χ1n) is 7.02. The fraction of sp³-hybridized carbons (Fsp3) is 0.846. The van der Waals surface area contributed by atoms with Crippen molar-refractivity contribution in [2.75, 3.05) is 19.7 Å². The summed E-state index contributed by atoms with van der Waals surface area (Å²) in [6, 6.07) is 0.0707. The molecule has 6 nitrogen and oxygen atoms in total. The number of carboxylic acids is 1. The van der Waals surface area contributed by atoms with E-state index in [0.29, 0.717) is 19.0 Å². The molecule has 0 radical (unpaired) electrons. The van der Waals surface area contributed by atoms with Crippen LogP contribution in [0.15, 0.2) is 0 Å². The minimum absolute atomic E-state index is 0.0669. The van der Waals surface area contributed by atoms with Gasteiger partial charge in [0.25, 0.3) is 0 Å². The minimum atomic E-state index is -0.789. The van der Waals surface area contributed by atoms with Crippen molar-refractivity contribution in [3.8, 4) is 0 Å². The minimum Gasteiger partial charge on any atom is -0.481 e. The van der Waals surface area contributed by atoms with Gasteiger partial charge in [-0.05, 0) is 25.2 Å². The van der Waals surface area contributed by atoms with E-state index in [0.717, 1.165) is 13.0 Å². The van der Waals surface area contributed by atoms with Crippen molar-refractivity contribution < 1.29 is 19.4 Å². The van der Waals surface area contributed by atoms with Crippen LogP contribution in [0.25, 0.3) is 0 Å². The number of likely N-dealkylation sites (tertiary alicyclic amines) is 1. The summed E-state index contributed by atoms with van der Waals surface area (Å²) < 4.78 is 5.68. The Morgan fingerprint density at radius 1 is 1.26 bits per heavy atom. The first kappa shape index (κ1) is 12.7. The third kappa shape index (κ3) is 2.83. The largest absolute Gasteiger partial charge is 0.481 e. The Hall–Kier alpha value is -1.30. The van der Waals surface area contributed by atoms with Crippen LogP contribution in [0.2, 0.25) is 0 Å². The smallest absolute Gasteiger partial charge is 0.317 e. The van der Waals surface area contributed by atoms with Crippen molar-refractivity contribution in [1.29, 1.82) is 0 Å². The molecule has 1 aliphatic carbocycles. The van der Waals surface area contributed by atoms with Gasteiger partial charge in [0.05, 0.1) is 18.6 Å². The summed E-state index contributed by atoms with van der Waals surface area (Å²) in [7, 11) is 0. The highest BCUT2D eigenvalue weighted by molar-refractivity contribution is 5.76. The van der Waals surface area contributed by atoms with Crippen LogP contribution in [0.1, 0.15) is 25.7 Å². The molecular formula is C13H20N2O4. The molecule has 2 N–H and O–H groups in total. The summed E-state index contributed by atoms with van der Waals surface area (Å²) >= 11 is 0. The second-order valence-electron chi connectivity index (χ2n) is 5.89. The highest BCUT2D eigenvalue weighted by atomic mass is 16.5. The van der Waals surface area contributed by atoms with Gasteiger partial charge >= 0.3 is 12.0 Å². The number of amides is 2. The van der Waals surface area contributed by atoms with Crippen LogP contribution in [0.5, 0.6) is 0 Å². The Kier molecular flexibility index (Phi) is 3.35. The van der Waals surface area contributed by atoms with Crippen LogP contribution in [-0.2, 0) is 9.53 Å². The number of rotatable bonds is 4. The number of ether oxygens (including phenoxy) is 1. The molecule has 0 spiro atoms. The van der Waals surface area contributed by atoms with Gasteiger partial charge < -0.3 is 20.1 Å². The zero-order chi connectivity index (χ0) is 13.4. The van der Waals surface area contributed by atoms with Crippen molar-refractivity contribution in [3.63, 3.8) is 0 Å². The Morgan fingerprint density at radius 2 is 2.00 bits per heavy atom. The van der Waals surface area contributed by atoms with E-state index in [1.165, 1.54) is 12.8 Å². The van der Waals surface area contributed by atoms with E-state index in [4.69, 9.17) is 9.84 Å². The van der Waals surface area contributed by atoms with Crippen LogP contribution < -0.4 is 5.32 Å². The molecule has 0 aromatic heterocycles. The number of carboxylic acid groups (broad SMARTS) is 1. The lowest BCUT2D eigenvalue weighted by molar-refractivity contribution is -0.139. The van der Waals surface area contributed by atoms with Crippen molar-refractivity contribution in [3.05, 3.63) is 0 Å². The molecule has 2 atom stereocenters.